The first kappa shape index (κ1) is 14.2. The van der Waals surface area contributed by atoms with E-state index >= 15 is 0 Å². The molecule has 0 aliphatic heterocycles. The predicted octanol–water partition coefficient (Wildman–Crippen LogP) is 2.79. The van der Waals surface area contributed by atoms with Crippen molar-refractivity contribution in [2.75, 3.05) is 6.54 Å². The zero-order valence-corrected chi connectivity index (χ0v) is 12.0. The van der Waals surface area contributed by atoms with Crippen LogP contribution in [0.15, 0.2) is 6.07 Å². The molecule has 0 aromatic carbocycles. The third kappa shape index (κ3) is 4.90. The van der Waals surface area contributed by atoms with Crippen molar-refractivity contribution in [3.63, 3.8) is 0 Å². The zero-order valence-electron chi connectivity index (χ0n) is 12.0. The minimum Gasteiger partial charge on any atom is -0.312 e. The molecule has 0 amide bonds. The molecule has 3 nitrogen and oxygen atoms in total. The molecule has 3 heteroatoms. The SMILES string of the molecule is CCc1cc(CC)n(CCCNC(C)(C)C)n1. The van der Waals surface area contributed by atoms with Gasteiger partial charge in [0.2, 0.25) is 0 Å². The molecule has 0 aliphatic carbocycles. The smallest absolute Gasteiger partial charge is 0.0624 e. The maximum absolute atomic E-state index is 4.62. The van der Waals surface area contributed by atoms with Gasteiger partial charge in [-0.05, 0) is 52.6 Å². The van der Waals surface area contributed by atoms with Crippen LogP contribution in [0.2, 0.25) is 0 Å². The largest absolute Gasteiger partial charge is 0.312 e. The lowest BCUT2D eigenvalue weighted by Gasteiger charge is -2.20. The Labute approximate surface area is 106 Å². The average Bonchev–Trinajstić information content (AvgIpc) is 2.65. The summed E-state index contributed by atoms with van der Waals surface area (Å²) in [6, 6.07) is 2.23. The summed E-state index contributed by atoms with van der Waals surface area (Å²) in [4.78, 5) is 0. The van der Waals surface area contributed by atoms with Crippen LogP contribution in [0.4, 0.5) is 0 Å². The Morgan fingerprint density at radius 1 is 1.24 bits per heavy atom. The summed E-state index contributed by atoms with van der Waals surface area (Å²) in [5.74, 6) is 0. The van der Waals surface area contributed by atoms with E-state index < -0.39 is 0 Å². The summed E-state index contributed by atoms with van der Waals surface area (Å²) in [6.07, 6.45) is 3.23. The Bertz CT molecular complexity index is 334. The van der Waals surface area contributed by atoms with Gasteiger partial charge in [0, 0.05) is 17.8 Å². The topological polar surface area (TPSA) is 29.9 Å². The lowest BCUT2D eigenvalue weighted by molar-refractivity contribution is 0.407. The second kappa shape index (κ2) is 6.20. The highest BCUT2D eigenvalue weighted by Gasteiger charge is 2.08. The molecule has 0 radical (unpaired) electrons. The van der Waals surface area contributed by atoms with E-state index in [0.717, 1.165) is 32.4 Å². The van der Waals surface area contributed by atoms with Crippen LogP contribution in [-0.2, 0) is 19.4 Å². The number of nitrogens with one attached hydrogen (secondary N) is 1. The minimum absolute atomic E-state index is 0.215. The number of nitrogens with zero attached hydrogens (tertiary/aromatic N) is 2. The highest BCUT2D eigenvalue weighted by molar-refractivity contribution is 5.10. The van der Waals surface area contributed by atoms with Crippen LogP contribution in [-0.4, -0.2) is 21.9 Å². The maximum atomic E-state index is 4.62. The maximum Gasteiger partial charge on any atom is 0.0624 e. The normalized spacial score (nSPS) is 12.1. The molecular formula is C14H27N3. The third-order valence-electron chi connectivity index (χ3n) is 2.84. The quantitative estimate of drug-likeness (QED) is 0.771. The fourth-order valence-electron chi connectivity index (χ4n) is 1.86. The molecule has 0 bridgehead atoms. The highest BCUT2D eigenvalue weighted by atomic mass is 15.3. The molecule has 98 valence electrons. The van der Waals surface area contributed by atoms with E-state index in [4.69, 9.17) is 0 Å². The van der Waals surface area contributed by atoms with E-state index in [1.54, 1.807) is 0 Å². The summed E-state index contributed by atoms with van der Waals surface area (Å²) in [5, 5.41) is 8.13. The van der Waals surface area contributed by atoms with Crippen LogP contribution < -0.4 is 5.32 Å². The summed E-state index contributed by atoms with van der Waals surface area (Å²) < 4.78 is 2.17. The standard InChI is InChI=1S/C14H27N3/c1-6-12-11-13(7-2)17(16-12)10-8-9-15-14(3,4)5/h11,15H,6-10H2,1-5H3. The van der Waals surface area contributed by atoms with E-state index in [1.807, 2.05) is 0 Å². The van der Waals surface area contributed by atoms with Gasteiger partial charge >= 0.3 is 0 Å². The first-order chi connectivity index (χ1) is 7.96. The molecule has 17 heavy (non-hydrogen) atoms. The lowest BCUT2D eigenvalue weighted by Crippen LogP contribution is -2.36. The van der Waals surface area contributed by atoms with Crippen molar-refractivity contribution in [1.29, 1.82) is 0 Å². The fourth-order valence-corrected chi connectivity index (χ4v) is 1.86. The Hall–Kier alpha value is -0.830. The summed E-state index contributed by atoms with van der Waals surface area (Å²) in [7, 11) is 0. The van der Waals surface area contributed by atoms with Crippen molar-refractivity contribution in [3.05, 3.63) is 17.5 Å². The van der Waals surface area contributed by atoms with Crippen LogP contribution in [0.3, 0.4) is 0 Å². The average molecular weight is 237 g/mol. The van der Waals surface area contributed by atoms with Gasteiger partial charge in [0.15, 0.2) is 0 Å². The molecule has 0 aliphatic rings. The van der Waals surface area contributed by atoms with Crippen molar-refractivity contribution in [3.8, 4) is 0 Å². The minimum atomic E-state index is 0.215. The van der Waals surface area contributed by atoms with E-state index in [0.29, 0.717) is 0 Å². The zero-order chi connectivity index (χ0) is 12.9. The highest BCUT2D eigenvalue weighted by Crippen LogP contribution is 2.07. The molecule has 0 spiro atoms. The molecule has 0 fully saturated rings. The number of rotatable bonds is 6. The van der Waals surface area contributed by atoms with Gasteiger partial charge in [0.1, 0.15) is 0 Å². The van der Waals surface area contributed by atoms with E-state index in [2.05, 4.69) is 55.8 Å². The van der Waals surface area contributed by atoms with Crippen LogP contribution in [0, 0.1) is 0 Å². The molecule has 1 aromatic heterocycles. The monoisotopic (exact) mass is 237 g/mol. The van der Waals surface area contributed by atoms with Crippen LogP contribution in [0.25, 0.3) is 0 Å². The van der Waals surface area contributed by atoms with Crippen molar-refractivity contribution in [2.24, 2.45) is 0 Å². The number of aromatic nitrogens is 2. The van der Waals surface area contributed by atoms with Gasteiger partial charge in [-0.2, -0.15) is 5.10 Å². The van der Waals surface area contributed by atoms with Crippen LogP contribution in [0.1, 0.15) is 52.4 Å². The van der Waals surface area contributed by atoms with Crippen molar-refractivity contribution < 1.29 is 0 Å². The van der Waals surface area contributed by atoms with Crippen LogP contribution in [0.5, 0.6) is 0 Å². The molecule has 0 atom stereocenters. The lowest BCUT2D eigenvalue weighted by atomic mass is 10.1. The van der Waals surface area contributed by atoms with Crippen molar-refractivity contribution in [1.82, 2.24) is 15.1 Å². The number of aryl methyl sites for hydroxylation is 3. The van der Waals surface area contributed by atoms with Gasteiger partial charge < -0.3 is 5.32 Å². The Balaban J connectivity index is 2.43. The first-order valence-corrected chi connectivity index (χ1v) is 6.77. The van der Waals surface area contributed by atoms with Gasteiger partial charge in [-0.3, -0.25) is 4.68 Å². The van der Waals surface area contributed by atoms with E-state index in [1.165, 1.54) is 11.4 Å². The molecule has 0 unspecified atom stereocenters. The summed E-state index contributed by atoms with van der Waals surface area (Å²) >= 11 is 0. The number of hydrogen-bond donors (Lipinski definition) is 1. The van der Waals surface area contributed by atoms with Crippen molar-refractivity contribution in [2.45, 2.75) is 66.0 Å². The second-order valence-corrected chi connectivity index (χ2v) is 5.59. The molecule has 1 N–H and O–H groups in total. The van der Waals surface area contributed by atoms with Gasteiger partial charge in [0.25, 0.3) is 0 Å². The Morgan fingerprint density at radius 2 is 1.94 bits per heavy atom. The molecule has 0 saturated carbocycles. The molecular weight excluding hydrogens is 210 g/mol. The molecule has 1 heterocycles. The van der Waals surface area contributed by atoms with Gasteiger partial charge in [-0.15, -0.1) is 0 Å². The van der Waals surface area contributed by atoms with Gasteiger partial charge in [-0.1, -0.05) is 13.8 Å². The molecule has 1 aromatic rings. The summed E-state index contributed by atoms with van der Waals surface area (Å²) in [5.41, 5.74) is 2.79. The summed E-state index contributed by atoms with van der Waals surface area (Å²) in [6.45, 7) is 13.0. The fraction of sp³-hybridized carbons (Fsp3) is 0.786. The van der Waals surface area contributed by atoms with Crippen LogP contribution >= 0.6 is 0 Å². The molecule has 0 saturated heterocycles. The van der Waals surface area contributed by atoms with E-state index in [-0.39, 0.29) is 5.54 Å². The molecule has 1 rings (SSSR count). The Morgan fingerprint density at radius 3 is 2.47 bits per heavy atom. The Kier molecular flexibility index (Phi) is 5.19. The first-order valence-electron chi connectivity index (χ1n) is 6.77. The predicted molar refractivity (Wildman–Crippen MR) is 73.4 cm³/mol. The van der Waals surface area contributed by atoms with Crippen molar-refractivity contribution >= 4 is 0 Å². The number of hydrogen-bond acceptors (Lipinski definition) is 2. The van der Waals surface area contributed by atoms with Gasteiger partial charge in [-0.25, -0.2) is 0 Å². The third-order valence-corrected chi connectivity index (χ3v) is 2.84. The van der Waals surface area contributed by atoms with E-state index in [9.17, 15) is 0 Å². The van der Waals surface area contributed by atoms with Gasteiger partial charge in [0.05, 0.1) is 5.69 Å². The second-order valence-electron chi connectivity index (χ2n) is 5.59.